The molecule has 0 aliphatic heterocycles. The first kappa shape index (κ1) is 23.9. The number of rotatable bonds is 7. The van der Waals surface area contributed by atoms with Gasteiger partial charge in [0.15, 0.2) is 0 Å². The molecule has 1 amide bonds. The molecule has 10 heteroatoms. The first-order valence-electron chi connectivity index (χ1n) is 11.3. The van der Waals surface area contributed by atoms with Crippen molar-refractivity contribution < 1.29 is 23.5 Å². The van der Waals surface area contributed by atoms with Crippen LogP contribution in [0.25, 0.3) is 10.2 Å². The van der Waals surface area contributed by atoms with Gasteiger partial charge in [-0.05, 0) is 43.9 Å². The maximum absolute atomic E-state index is 14.2. The van der Waals surface area contributed by atoms with E-state index in [0.717, 1.165) is 25.7 Å². The highest BCUT2D eigenvalue weighted by molar-refractivity contribution is 7.20. The molecule has 1 aliphatic rings. The Morgan fingerprint density at radius 2 is 2.03 bits per heavy atom. The van der Waals surface area contributed by atoms with Crippen molar-refractivity contribution in [2.24, 2.45) is 0 Å². The molecule has 0 saturated heterocycles. The summed E-state index contributed by atoms with van der Waals surface area (Å²) in [6.45, 7) is 3.62. The summed E-state index contributed by atoms with van der Waals surface area (Å²) in [6, 6.07) is 4.12. The minimum atomic E-state index is -0.435. The lowest BCUT2D eigenvalue weighted by atomic mass is 9.92. The number of nitrogens with zero attached hydrogens (tertiary/aromatic N) is 2. The number of anilines is 2. The molecule has 8 nitrogen and oxygen atoms in total. The molecule has 1 saturated carbocycles. The van der Waals surface area contributed by atoms with Gasteiger partial charge in [-0.15, -0.1) is 11.3 Å². The van der Waals surface area contributed by atoms with Crippen molar-refractivity contribution in [2.45, 2.75) is 58.1 Å². The summed E-state index contributed by atoms with van der Waals surface area (Å²) in [5.41, 5.74) is 1.23. The smallest absolute Gasteiger partial charge is 0.348 e. The van der Waals surface area contributed by atoms with E-state index in [4.69, 9.17) is 9.47 Å². The third-order valence-corrected chi connectivity index (χ3v) is 7.12. The van der Waals surface area contributed by atoms with Gasteiger partial charge >= 0.3 is 5.97 Å². The van der Waals surface area contributed by atoms with E-state index in [-0.39, 0.29) is 18.1 Å². The van der Waals surface area contributed by atoms with E-state index < -0.39 is 11.8 Å². The Labute approximate surface area is 200 Å². The molecule has 0 spiro atoms. The van der Waals surface area contributed by atoms with E-state index in [2.05, 4.69) is 20.6 Å². The number of carbonyl (C=O) groups excluding carboxylic acids is 2. The van der Waals surface area contributed by atoms with Gasteiger partial charge in [0.1, 0.15) is 39.5 Å². The fraction of sp³-hybridized carbons (Fsp3) is 0.417. The van der Waals surface area contributed by atoms with Gasteiger partial charge < -0.3 is 20.1 Å². The van der Waals surface area contributed by atoms with E-state index in [0.29, 0.717) is 44.3 Å². The number of fused-ring (bicyclic) bond motifs is 1. The molecule has 0 bridgehead atoms. The Hall–Kier alpha value is -3.27. The van der Waals surface area contributed by atoms with Gasteiger partial charge in [-0.1, -0.05) is 13.3 Å². The second kappa shape index (κ2) is 10.3. The zero-order valence-electron chi connectivity index (χ0n) is 19.3. The molecule has 2 N–H and O–H groups in total. The summed E-state index contributed by atoms with van der Waals surface area (Å²) < 4.78 is 25.3. The monoisotopic (exact) mass is 486 g/mol. The van der Waals surface area contributed by atoms with Crippen LogP contribution in [0.1, 0.15) is 54.3 Å². The van der Waals surface area contributed by atoms with Crippen molar-refractivity contribution in [3.05, 3.63) is 40.8 Å². The number of ether oxygens (including phenoxy) is 2. The normalized spacial score (nSPS) is 17.9. The molecule has 3 aromatic rings. The molecule has 1 aromatic carbocycles. The summed E-state index contributed by atoms with van der Waals surface area (Å²) in [4.78, 5) is 33.9. The van der Waals surface area contributed by atoms with Crippen molar-refractivity contribution in [3.63, 3.8) is 0 Å². The van der Waals surface area contributed by atoms with Crippen molar-refractivity contribution in [2.75, 3.05) is 12.4 Å². The quantitative estimate of drug-likeness (QED) is 0.459. The maximum atomic E-state index is 14.2. The van der Waals surface area contributed by atoms with Crippen LogP contribution in [0.5, 0.6) is 5.75 Å². The maximum Gasteiger partial charge on any atom is 0.348 e. The minimum absolute atomic E-state index is 0.0317. The first-order chi connectivity index (χ1) is 16.4. The number of aromatic nitrogens is 2. The summed E-state index contributed by atoms with van der Waals surface area (Å²) in [7, 11) is 1.33. The average molecular weight is 487 g/mol. The van der Waals surface area contributed by atoms with Crippen LogP contribution in [0, 0.1) is 12.7 Å². The van der Waals surface area contributed by atoms with Crippen LogP contribution >= 0.6 is 11.3 Å². The number of nitrogens with one attached hydrogen (secondary N) is 2. The summed E-state index contributed by atoms with van der Waals surface area (Å²) in [6.07, 6.45) is 5.07. The number of amides is 1. The molecule has 0 radical (unpaired) electrons. The number of esters is 1. The van der Waals surface area contributed by atoms with Crippen LogP contribution in [0.2, 0.25) is 0 Å². The largest absolute Gasteiger partial charge is 0.486 e. The highest BCUT2D eigenvalue weighted by Gasteiger charge is 2.29. The summed E-state index contributed by atoms with van der Waals surface area (Å²) in [5.74, 6) is -0.0936. The number of methoxy groups -OCH3 is 1. The predicted molar refractivity (Wildman–Crippen MR) is 128 cm³/mol. The number of hydrogen-bond donors (Lipinski definition) is 2. The molecule has 180 valence electrons. The standard InChI is InChI=1S/C24H27FN4O4S/c1-4-19(30)28-15-7-5-6-8-17(15)33-18-11-14(25)9-10-16(18)29-22-20-13(2)21(24(31)32-3)34-23(20)27-12-26-22/h9-12,15,17H,4-8H2,1-3H3,(H,28,30)(H,26,27,29). The van der Waals surface area contributed by atoms with Crippen molar-refractivity contribution >= 4 is 44.9 Å². The van der Waals surface area contributed by atoms with Crippen molar-refractivity contribution in [3.8, 4) is 5.75 Å². The molecule has 1 aliphatic carbocycles. The second-order valence-corrected chi connectivity index (χ2v) is 9.18. The fourth-order valence-corrected chi connectivity index (χ4v) is 5.22. The molecule has 2 atom stereocenters. The third-order valence-electron chi connectivity index (χ3n) is 5.94. The van der Waals surface area contributed by atoms with Crippen LogP contribution in [-0.4, -0.2) is 41.1 Å². The van der Waals surface area contributed by atoms with Crippen LogP contribution < -0.4 is 15.4 Å². The lowest BCUT2D eigenvalue weighted by molar-refractivity contribution is -0.122. The Morgan fingerprint density at radius 1 is 1.24 bits per heavy atom. The van der Waals surface area contributed by atoms with E-state index in [1.807, 2.05) is 13.8 Å². The van der Waals surface area contributed by atoms with Crippen molar-refractivity contribution in [1.29, 1.82) is 0 Å². The summed E-state index contributed by atoms with van der Waals surface area (Å²) >= 11 is 1.23. The van der Waals surface area contributed by atoms with E-state index in [9.17, 15) is 14.0 Å². The average Bonchev–Trinajstić information content (AvgIpc) is 3.18. The van der Waals surface area contributed by atoms with Gasteiger partial charge in [-0.25, -0.2) is 19.2 Å². The van der Waals surface area contributed by atoms with Gasteiger partial charge in [0.25, 0.3) is 0 Å². The number of halogens is 1. The Kier molecular flexibility index (Phi) is 7.26. The van der Waals surface area contributed by atoms with Crippen LogP contribution in [-0.2, 0) is 9.53 Å². The first-order valence-corrected chi connectivity index (χ1v) is 12.1. The van der Waals surface area contributed by atoms with E-state index in [1.54, 1.807) is 6.07 Å². The van der Waals surface area contributed by atoms with Gasteiger partial charge in [0.05, 0.1) is 24.2 Å². The SMILES string of the molecule is CCC(=O)NC1CCCCC1Oc1cc(F)ccc1Nc1ncnc2sc(C(=O)OC)c(C)c12. The van der Waals surface area contributed by atoms with E-state index in [1.165, 1.54) is 36.9 Å². The molecule has 34 heavy (non-hydrogen) atoms. The molecule has 1 fully saturated rings. The Morgan fingerprint density at radius 3 is 2.79 bits per heavy atom. The number of benzene rings is 1. The minimum Gasteiger partial charge on any atom is -0.486 e. The zero-order chi connectivity index (χ0) is 24.2. The zero-order valence-corrected chi connectivity index (χ0v) is 20.1. The number of carbonyl (C=O) groups is 2. The van der Waals surface area contributed by atoms with Gasteiger partial charge in [-0.3, -0.25) is 4.79 Å². The van der Waals surface area contributed by atoms with Gasteiger partial charge in [0.2, 0.25) is 5.91 Å². The van der Waals surface area contributed by atoms with Crippen molar-refractivity contribution in [1.82, 2.24) is 15.3 Å². The Bertz CT molecular complexity index is 1220. The highest BCUT2D eigenvalue weighted by Crippen LogP contribution is 2.37. The number of hydrogen-bond acceptors (Lipinski definition) is 8. The Balaban J connectivity index is 1.66. The lowest BCUT2D eigenvalue weighted by Crippen LogP contribution is -2.47. The summed E-state index contributed by atoms with van der Waals surface area (Å²) in [5, 5.41) is 6.96. The molecular weight excluding hydrogens is 459 g/mol. The fourth-order valence-electron chi connectivity index (χ4n) is 4.15. The van der Waals surface area contributed by atoms with Gasteiger partial charge in [-0.2, -0.15) is 0 Å². The van der Waals surface area contributed by atoms with Crippen LogP contribution in [0.15, 0.2) is 24.5 Å². The molecule has 2 aromatic heterocycles. The molecular formula is C24H27FN4O4S. The van der Waals surface area contributed by atoms with Crippen LogP contribution in [0.4, 0.5) is 15.9 Å². The predicted octanol–water partition coefficient (Wildman–Crippen LogP) is 4.89. The van der Waals surface area contributed by atoms with Gasteiger partial charge in [0, 0.05) is 12.5 Å². The third kappa shape index (κ3) is 4.96. The van der Waals surface area contributed by atoms with E-state index >= 15 is 0 Å². The molecule has 4 rings (SSSR count). The number of thiophene rings is 1. The number of aryl methyl sites for hydroxylation is 1. The second-order valence-electron chi connectivity index (χ2n) is 8.18. The molecule has 2 heterocycles. The lowest BCUT2D eigenvalue weighted by Gasteiger charge is -2.33. The van der Waals surface area contributed by atoms with Crippen LogP contribution in [0.3, 0.4) is 0 Å². The topological polar surface area (TPSA) is 102 Å². The molecule has 2 unspecified atom stereocenters. The highest BCUT2D eigenvalue weighted by atomic mass is 32.1.